The molecule has 1 saturated heterocycles. The number of rotatable bonds is 23. The Kier molecular flexibility index (Phi) is 17.8. The van der Waals surface area contributed by atoms with E-state index in [1.165, 1.54) is 12.2 Å². The summed E-state index contributed by atoms with van der Waals surface area (Å²) in [6.07, 6.45) is 5.30. The molecule has 17 heteroatoms. The number of anilines is 2. The summed E-state index contributed by atoms with van der Waals surface area (Å²) in [5.41, 5.74) is 14.0. The first-order valence-electron chi connectivity index (χ1n) is 18.9. The van der Waals surface area contributed by atoms with Gasteiger partial charge < -0.3 is 45.3 Å². The van der Waals surface area contributed by atoms with Crippen LogP contribution in [-0.2, 0) is 36.7 Å². The molecule has 2 amide bonds. The molecule has 6 N–H and O–H groups in total. The van der Waals surface area contributed by atoms with Gasteiger partial charge in [-0.25, -0.2) is 19.8 Å². The molecule has 2 unspecified atom stereocenters. The summed E-state index contributed by atoms with van der Waals surface area (Å²) in [7, 11) is 1.32. The molecule has 0 radical (unpaired) electrons. The molecule has 306 valence electrons. The first kappa shape index (κ1) is 44.0. The number of hydrogen-bond acceptors (Lipinski definition) is 13. The number of aromatic nitrogens is 2. The van der Waals surface area contributed by atoms with Crippen molar-refractivity contribution in [3.8, 4) is 11.5 Å². The van der Waals surface area contributed by atoms with Gasteiger partial charge in [0, 0.05) is 19.4 Å². The van der Waals surface area contributed by atoms with E-state index in [0.717, 1.165) is 80.3 Å². The normalized spacial score (nSPS) is 16.5. The molecule has 0 aliphatic carbocycles. The zero-order chi connectivity index (χ0) is 40.3. The number of carbonyl (C=O) groups is 3. The molecule has 0 spiro atoms. The van der Waals surface area contributed by atoms with Gasteiger partial charge in [-0.2, -0.15) is 0 Å². The van der Waals surface area contributed by atoms with Crippen molar-refractivity contribution in [3.05, 3.63) is 70.5 Å². The van der Waals surface area contributed by atoms with Crippen LogP contribution in [0.3, 0.4) is 0 Å². The third kappa shape index (κ3) is 14.1. The smallest absolute Gasteiger partial charge is 0.343 e. The first-order valence-corrected chi connectivity index (χ1v) is 19.3. The van der Waals surface area contributed by atoms with E-state index in [4.69, 9.17) is 47.2 Å². The Morgan fingerprint density at radius 1 is 0.911 bits per heavy atom. The highest BCUT2D eigenvalue weighted by Gasteiger charge is 2.35. The predicted octanol–water partition coefficient (Wildman–Crippen LogP) is 2.99. The molecule has 1 fully saturated rings. The SMILES string of the molecule is CCN(OCCOCCO)C(=O)COc1ccc(CCC[N+]2(CCCc3ccc(OCC(=O)OC)cc3)CCCC(NC(=O)c3nc(Cl)c(N)nc3N)C2)cc1. The standard InChI is InChI=1S/C39H54ClN7O9/c1-3-46(56-24-23-53-22-21-48)33(49)26-54-31-14-10-28(11-15-31)7-4-18-47(19-5-8-29-12-16-32(17-13-29)55-27-34(50)52-2)20-6-9-30(25-47)43-39(51)35-37(41)45-38(42)36(40)44-35/h10-17,30,48H,3-9,18-27H2,1-2H3,(H4-,41,42,43,45,51)/p+1. The Morgan fingerprint density at radius 3 is 2.12 bits per heavy atom. The number of hydrogen-bond donors (Lipinski definition) is 4. The van der Waals surface area contributed by atoms with Crippen LogP contribution in [0.15, 0.2) is 48.5 Å². The molecule has 3 aromatic rings. The van der Waals surface area contributed by atoms with Crippen LogP contribution in [0.1, 0.15) is 54.2 Å². The fourth-order valence-corrected chi connectivity index (χ4v) is 6.82. The van der Waals surface area contributed by atoms with Crippen molar-refractivity contribution in [2.45, 2.75) is 51.5 Å². The number of quaternary nitrogens is 1. The molecule has 2 heterocycles. The molecular weight excluding hydrogens is 746 g/mol. The van der Waals surface area contributed by atoms with Gasteiger partial charge in [0.1, 0.15) is 11.5 Å². The number of nitrogens with two attached hydrogens (primary N) is 2. The summed E-state index contributed by atoms with van der Waals surface area (Å²) in [5, 5.41) is 13.1. The lowest BCUT2D eigenvalue weighted by atomic mass is 9.99. The number of aliphatic hydroxyl groups is 1. The van der Waals surface area contributed by atoms with Crippen LogP contribution in [0.5, 0.6) is 11.5 Å². The number of aryl methyl sites for hydroxylation is 2. The molecule has 1 aliphatic heterocycles. The highest BCUT2D eigenvalue weighted by molar-refractivity contribution is 6.31. The maximum Gasteiger partial charge on any atom is 0.343 e. The van der Waals surface area contributed by atoms with Gasteiger partial charge in [-0.3, -0.25) is 14.4 Å². The number of aliphatic hydroxyl groups excluding tert-OH is 1. The first-order chi connectivity index (χ1) is 27.0. The number of carbonyl (C=O) groups excluding carboxylic acids is 3. The van der Waals surface area contributed by atoms with Gasteiger partial charge in [0.15, 0.2) is 35.7 Å². The molecule has 1 aromatic heterocycles. The molecule has 16 nitrogen and oxygen atoms in total. The van der Waals surface area contributed by atoms with E-state index in [-0.39, 0.29) is 74.1 Å². The molecule has 2 aromatic carbocycles. The summed E-state index contributed by atoms with van der Waals surface area (Å²) in [6, 6.07) is 15.4. The van der Waals surface area contributed by atoms with Gasteiger partial charge in [0.05, 0.1) is 65.8 Å². The fourth-order valence-electron chi connectivity index (χ4n) is 6.69. The van der Waals surface area contributed by atoms with Crippen molar-refractivity contribution in [1.29, 1.82) is 0 Å². The van der Waals surface area contributed by atoms with Gasteiger partial charge >= 0.3 is 5.97 Å². The Balaban J connectivity index is 1.34. The average molecular weight is 801 g/mol. The zero-order valence-corrected chi connectivity index (χ0v) is 33.0. The van der Waals surface area contributed by atoms with Crippen molar-refractivity contribution in [3.63, 3.8) is 0 Å². The van der Waals surface area contributed by atoms with E-state index >= 15 is 0 Å². The number of nitrogen functional groups attached to an aromatic ring is 2. The summed E-state index contributed by atoms with van der Waals surface area (Å²) in [6.45, 7) is 6.01. The van der Waals surface area contributed by atoms with Crippen LogP contribution >= 0.6 is 11.6 Å². The van der Waals surface area contributed by atoms with Gasteiger partial charge in [0.25, 0.3) is 11.8 Å². The molecule has 0 saturated carbocycles. The van der Waals surface area contributed by atoms with Crippen molar-refractivity contribution in [2.75, 3.05) is 90.9 Å². The number of esters is 1. The van der Waals surface area contributed by atoms with Crippen LogP contribution in [0.2, 0.25) is 5.15 Å². The number of halogens is 1. The van der Waals surface area contributed by atoms with Crippen LogP contribution in [0.4, 0.5) is 11.6 Å². The number of likely N-dealkylation sites (N-methyl/N-ethyl adjacent to an activating group) is 1. The second-order valence-corrected chi connectivity index (χ2v) is 13.9. The topological polar surface area (TPSA) is 211 Å². The number of ether oxygens (including phenoxy) is 4. The Labute approximate surface area is 332 Å². The van der Waals surface area contributed by atoms with Crippen LogP contribution in [0.25, 0.3) is 0 Å². The minimum absolute atomic E-state index is 0.0303. The number of hydroxylamine groups is 2. The van der Waals surface area contributed by atoms with E-state index in [9.17, 15) is 14.4 Å². The molecule has 56 heavy (non-hydrogen) atoms. The van der Waals surface area contributed by atoms with E-state index in [2.05, 4.69) is 20.0 Å². The summed E-state index contributed by atoms with van der Waals surface area (Å²) in [5.74, 6) is -0.0934. The Hall–Kier alpha value is -4.74. The lowest BCUT2D eigenvalue weighted by molar-refractivity contribution is -0.933. The molecule has 4 rings (SSSR count). The number of nitrogens with one attached hydrogen (secondary N) is 1. The van der Waals surface area contributed by atoms with Crippen molar-refractivity contribution in [1.82, 2.24) is 20.3 Å². The number of piperidine rings is 1. The van der Waals surface area contributed by atoms with E-state index < -0.39 is 11.9 Å². The highest BCUT2D eigenvalue weighted by atomic mass is 35.5. The van der Waals surface area contributed by atoms with E-state index in [0.29, 0.717) is 18.0 Å². The largest absolute Gasteiger partial charge is 0.484 e. The van der Waals surface area contributed by atoms with Gasteiger partial charge in [0.2, 0.25) is 0 Å². The predicted molar refractivity (Wildman–Crippen MR) is 210 cm³/mol. The van der Waals surface area contributed by atoms with E-state index in [1.807, 2.05) is 55.5 Å². The maximum atomic E-state index is 13.3. The number of nitrogens with zero attached hydrogens (tertiary/aromatic N) is 4. The summed E-state index contributed by atoms with van der Waals surface area (Å²) in [4.78, 5) is 50.8. The lowest BCUT2D eigenvalue weighted by Gasteiger charge is -2.45. The van der Waals surface area contributed by atoms with Gasteiger partial charge in [-0.1, -0.05) is 35.9 Å². The molecular formula is C39H55ClN7O9+. The third-order valence-electron chi connectivity index (χ3n) is 9.51. The number of methoxy groups -OCH3 is 1. The lowest BCUT2D eigenvalue weighted by Crippen LogP contribution is -2.60. The van der Waals surface area contributed by atoms with Crippen LogP contribution in [0, 0.1) is 0 Å². The number of amides is 2. The van der Waals surface area contributed by atoms with Crippen molar-refractivity contribution < 1.29 is 47.8 Å². The summed E-state index contributed by atoms with van der Waals surface area (Å²) < 4.78 is 21.9. The van der Waals surface area contributed by atoms with Gasteiger partial charge in [-0.05, 0) is 68.0 Å². The number of likely N-dealkylation sites (tertiary alicyclic amines) is 1. The second-order valence-electron chi connectivity index (χ2n) is 13.5. The van der Waals surface area contributed by atoms with Crippen molar-refractivity contribution >= 4 is 41.0 Å². The summed E-state index contributed by atoms with van der Waals surface area (Å²) >= 11 is 6.06. The molecule has 0 bridgehead atoms. The Bertz CT molecular complexity index is 1700. The minimum atomic E-state index is -0.438. The quantitative estimate of drug-likeness (QED) is 0.0471. The number of benzene rings is 2. The average Bonchev–Trinajstić information content (AvgIpc) is 3.20. The Morgan fingerprint density at radius 2 is 1.54 bits per heavy atom. The molecule has 1 aliphatic rings. The molecule has 2 atom stereocenters. The monoisotopic (exact) mass is 800 g/mol. The van der Waals surface area contributed by atoms with Crippen molar-refractivity contribution in [2.24, 2.45) is 0 Å². The maximum absolute atomic E-state index is 13.3. The second kappa shape index (κ2) is 22.7. The third-order valence-corrected chi connectivity index (χ3v) is 9.79. The highest BCUT2D eigenvalue weighted by Crippen LogP contribution is 2.25. The van der Waals surface area contributed by atoms with Gasteiger partial charge in [-0.15, -0.1) is 0 Å². The zero-order valence-electron chi connectivity index (χ0n) is 32.3. The van der Waals surface area contributed by atoms with Crippen LogP contribution < -0.4 is 26.3 Å². The fraction of sp³-hybridized carbons (Fsp3) is 0.513. The minimum Gasteiger partial charge on any atom is -0.484 e. The van der Waals surface area contributed by atoms with E-state index in [1.54, 1.807) is 0 Å². The van der Waals surface area contributed by atoms with Crippen LogP contribution in [-0.4, -0.2) is 128 Å².